The summed E-state index contributed by atoms with van der Waals surface area (Å²) in [5.74, 6) is 0. The topological polar surface area (TPSA) is 32.3 Å². The summed E-state index contributed by atoms with van der Waals surface area (Å²) in [6, 6.07) is 19.9. The lowest BCUT2D eigenvalue weighted by atomic mass is 9.92. The van der Waals surface area contributed by atoms with Gasteiger partial charge >= 0.3 is 0 Å². The second-order valence-electron chi connectivity index (χ2n) is 4.35. The standard InChI is InChI=1S/C15H17NO/c1-15(12-17,13-8-4-2-5-9-13)16-14-10-6-3-7-11-14/h2-11,16-17H,12H2,1H3. The van der Waals surface area contributed by atoms with Crippen LogP contribution in [0, 0.1) is 0 Å². The summed E-state index contributed by atoms with van der Waals surface area (Å²) in [7, 11) is 0. The average Bonchev–Trinajstić information content (AvgIpc) is 2.41. The fourth-order valence-electron chi connectivity index (χ4n) is 1.85. The minimum absolute atomic E-state index is 0.0475. The van der Waals surface area contributed by atoms with Gasteiger partial charge in [0.25, 0.3) is 0 Å². The molecular formula is C15H17NO. The predicted molar refractivity (Wildman–Crippen MR) is 70.9 cm³/mol. The Hall–Kier alpha value is -1.80. The van der Waals surface area contributed by atoms with Crippen molar-refractivity contribution in [1.29, 1.82) is 0 Å². The number of hydrogen-bond acceptors (Lipinski definition) is 2. The summed E-state index contributed by atoms with van der Waals surface area (Å²) >= 11 is 0. The second-order valence-corrected chi connectivity index (χ2v) is 4.35. The van der Waals surface area contributed by atoms with Crippen molar-refractivity contribution < 1.29 is 5.11 Å². The summed E-state index contributed by atoms with van der Waals surface area (Å²) in [6.07, 6.45) is 0. The molecule has 0 aliphatic rings. The molecule has 2 N–H and O–H groups in total. The van der Waals surface area contributed by atoms with Gasteiger partial charge in [-0.05, 0) is 24.6 Å². The Morgan fingerprint density at radius 1 is 0.941 bits per heavy atom. The molecule has 0 saturated heterocycles. The number of para-hydroxylation sites is 1. The smallest absolute Gasteiger partial charge is 0.0828 e. The molecule has 1 unspecified atom stereocenters. The van der Waals surface area contributed by atoms with E-state index >= 15 is 0 Å². The van der Waals surface area contributed by atoms with Gasteiger partial charge in [-0.15, -0.1) is 0 Å². The SMILES string of the molecule is CC(CO)(Nc1ccccc1)c1ccccc1. The van der Waals surface area contributed by atoms with Crippen LogP contribution < -0.4 is 5.32 Å². The van der Waals surface area contributed by atoms with Crippen molar-refractivity contribution in [1.82, 2.24) is 0 Å². The molecular weight excluding hydrogens is 210 g/mol. The fraction of sp³-hybridized carbons (Fsp3) is 0.200. The highest BCUT2D eigenvalue weighted by Crippen LogP contribution is 2.25. The molecule has 0 aromatic heterocycles. The van der Waals surface area contributed by atoms with Crippen LogP contribution in [0.5, 0.6) is 0 Å². The summed E-state index contributed by atoms with van der Waals surface area (Å²) < 4.78 is 0. The van der Waals surface area contributed by atoms with Gasteiger partial charge in [0.1, 0.15) is 0 Å². The molecule has 0 aliphatic carbocycles. The number of aliphatic hydroxyl groups is 1. The van der Waals surface area contributed by atoms with Crippen LogP contribution in [0.4, 0.5) is 5.69 Å². The van der Waals surface area contributed by atoms with Gasteiger partial charge in [-0.1, -0.05) is 48.5 Å². The molecule has 1 atom stereocenters. The first-order chi connectivity index (χ1) is 8.24. The van der Waals surface area contributed by atoms with E-state index in [0.29, 0.717) is 0 Å². The molecule has 0 radical (unpaired) electrons. The Morgan fingerprint density at radius 3 is 2.00 bits per heavy atom. The van der Waals surface area contributed by atoms with Crippen molar-refractivity contribution in [2.24, 2.45) is 0 Å². The lowest BCUT2D eigenvalue weighted by molar-refractivity contribution is 0.224. The van der Waals surface area contributed by atoms with E-state index < -0.39 is 5.54 Å². The molecule has 2 rings (SSSR count). The molecule has 0 aliphatic heterocycles. The Morgan fingerprint density at radius 2 is 1.47 bits per heavy atom. The Labute approximate surface area is 102 Å². The average molecular weight is 227 g/mol. The van der Waals surface area contributed by atoms with Crippen LogP contribution in [-0.2, 0) is 5.54 Å². The molecule has 0 heterocycles. The van der Waals surface area contributed by atoms with Crippen molar-refractivity contribution in [3.63, 3.8) is 0 Å². The van der Waals surface area contributed by atoms with Crippen molar-refractivity contribution in [3.8, 4) is 0 Å². The van der Waals surface area contributed by atoms with E-state index in [1.165, 1.54) is 0 Å². The summed E-state index contributed by atoms with van der Waals surface area (Å²) in [5.41, 5.74) is 1.63. The van der Waals surface area contributed by atoms with Crippen molar-refractivity contribution >= 4 is 5.69 Å². The molecule has 0 amide bonds. The van der Waals surface area contributed by atoms with Crippen molar-refractivity contribution in [2.75, 3.05) is 11.9 Å². The highest BCUT2D eigenvalue weighted by molar-refractivity contribution is 5.47. The third kappa shape index (κ3) is 2.66. The maximum absolute atomic E-state index is 9.64. The molecule has 17 heavy (non-hydrogen) atoms. The van der Waals surface area contributed by atoms with Gasteiger partial charge in [0.05, 0.1) is 12.1 Å². The molecule has 0 spiro atoms. The van der Waals surface area contributed by atoms with E-state index in [1.807, 2.05) is 67.6 Å². The van der Waals surface area contributed by atoms with Crippen LogP contribution in [0.2, 0.25) is 0 Å². The van der Waals surface area contributed by atoms with Crippen LogP contribution in [0.15, 0.2) is 60.7 Å². The monoisotopic (exact) mass is 227 g/mol. The second kappa shape index (κ2) is 5.02. The summed E-state index contributed by atoms with van der Waals surface area (Å²) in [4.78, 5) is 0. The minimum atomic E-state index is -0.456. The van der Waals surface area contributed by atoms with E-state index in [1.54, 1.807) is 0 Å². The van der Waals surface area contributed by atoms with E-state index in [-0.39, 0.29) is 6.61 Å². The lowest BCUT2D eigenvalue weighted by Gasteiger charge is -2.30. The maximum Gasteiger partial charge on any atom is 0.0828 e. The predicted octanol–water partition coefficient (Wildman–Crippen LogP) is 3.01. The van der Waals surface area contributed by atoms with Gasteiger partial charge in [0.15, 0.2) is 0 Å². The molecule has 2 aromatic carbocycles. The van der Waals surface area contributed by atoms with Crippen LogP contribution in [-0.4, -0.2) is 11.7 Å². The number of rotatable bonds is 4. The largest absolute Gasteiger partial charge is 0.394 e. The Balaban J connectivity index is 2.27. The highest BCUT2D eigenvalue weighted by atomic mass is 16.3. The van der Waals surface area contributed by atoms with Gasteiger partial charge in [-0.3, -0.25) is 0 Å². The summed E-state index contributed by atoms with van der Waals surface area (Å²) in [5, 5.41) is 13.0. The molecule has 2 aromatic rings. The summed E-state index contributed by atoms with van der Waals surface area (Å²) in [6.45, 7) is 2.04. The van der Waals surface area contributed by atoms with Gasteiger partial charge in [0, 0.05) is 5.69 Å². The molecule has 88 valence electrons. The number of hydrogen-bond donors (Lipinski definition) is 2. The lowest BCUT2D eigenvalue weighted by Crippen LogP contribution is -2.35. The fourth-order valence-corrected chi connectivity index (χ4v) is 1.85. The minimum Gasteiger partial charge on any atom is -0.394 e. The molecule has 0 fully saturated rings. The number of benzene rings is 2. The zero-order valence-electron chi connectivity index (χ0n) is 9.93. The zero-order chi connectivity index (χ0) is 12.1. The first kappa shape index (κ1) is 11.7. The molecule has 2 heteroatoms. The normalized spacial score (nSPS) is 14.0. The third-order valence-electron chi connectivity index (χ3n) is 2.92. The first-order valence-electron chi connectivity index (χ1n) is 5.74. The van der Waals surface area contributed by atoms with Crippen LogP contribution in [0.1, 0.15) is 12.5 Å². The molecule has 0 saturated carbocycles. The third-order valence-corrected chi connectivity index (χ3v) is 2.92. The van der Waals surface area contributed by atoms with Gasteiger partial charge in [0.2, 0.25) is 0 Å². The van der Waals surface area contributed by atoms with Crippen molar-refractivity contribution in [3.05, 3.63) is 66.2 Å². The Kier molecular flexibility index (Phi) is 3.45. The van der Waals surface area contributed by atoms with E-state index in [9.17, 15) is 5.11 Å². The quantitative estimate of drug-likeness (QED) is 0.841. The highest BCUT2D eigenvalue weighted by Gasteiger charge is 2.24. The number of nitrogens with one attached hydrogen (secondary N) is 1. The van der Waals surface area contributed by atoms with Crippen molar-refractivity contribution in [2.45, 2.75) is 12.5 Å². The van der Waals surface area contributed by atoms with Gasteiger partial charge in [-0.25, -0.2) is 0 Å². The van der Waals surface area contributed by atoms with Gasteiger partial charge in [-0.2, -0.15) is 0 Å². The van der Waals surface area contributed by atoms with E-state index in [0.717, 1.165) is 11.3 Å². The van der Waals surface area contributed by atoms with Crippen LogP contribution in [0.3, 0.4) is 0 Å². The maximum atomic E-state index is 9.64. The Bertz CT molecular complexity index is 455. The number of anilines is 1. The molecule has 2 nitrogen and oxygen atoms in total. The zero-order valence-corrected chi connectivity index (χ0v) is 9.93. The van der Waals surface area contributed by atoms with E-state index in [2.05, 4.69) is 5.32 Å². The van der Waals surface area contributed by atoms with E-state index in [4.69, 9.17) is 0 Å². The first-order valence-corrected chi connectivity index (χ1v) is 5.74. The van der Waals surface area contributed by atoms with Crippen LogP contribution >= 0.6 is 0 Å². The van der Waals surface area contributed by atoms with Crippen LogP contribution in [0.25, 0.3) is 0 Å². The molecule has 0 bridgehead atoms. The van der Waals surface area contributed by atoms with Gasteiger partial charge < -0.3 is 10.4 Å². The number of aliphatic hydroxyl groups excluding tert-OH is 1.